The van der Waals surface area contributed by atoms with Crippen LogP contribution >= 0.6 is 6.49 Å². The van der Waals surface area contributed by atoms with Gasteiger partial charge in [0, 0.05) is 6.16 Å². The summed E-state index contributed by atoms with van der Waals surface area (Å²) in [5, 5.41) is 8.27. The fourth-order valence-corrected chi connectivity index (χ4v) is 1.36. The van der Waals surface area contributed by atoms with Gasteiger partial charge >= 0.3 is 5.97 Å². The van der Waals surface area contributed by atoms with Crippen molar-refractivity contribution in [2.75, 3.05) is 6.16 Å². The van der Waals surface area contributed by atoms with E-state index in [2.05, 4.69) is 11.8 Å². The average molecular weight is 199 g/mol. The van der Waals surface area contributed by atoms with Gasteiger partial charge in [0.2, 0.25) is 0 Å². The summed E-state index contributed by atoms with van der Waals surface area (Å²) in [5.74, 6) is -1.16. The number of hydrogen-bond donors (Lipinski definition) is 4. The molecule has 0 aliphatic heterocycles. The molecule has 0 bridgehead atoms. The summed E-state index contributed by atoms with van der Waals surface area (Å²) >= 11 is 4.26. The van der Waals surface area contributed by atoms with Crippen LogP contribution in [-0.4, -0.2) is 33.1 Å². The van der Waals surface area contributed by atoms with E-state index in [0.29, 0.717) is 0 Å². The second kappa shape index (κ2) is 4.13. The van der Waals surface area contributed by atoms with Crippen LogP contribution in [0.25, 0.3) is 0 Å². The number of aliphatic carboxylic acids is 1. The van der Waals surface area contributed by atoms with Gasteiger partial charge in [0.1, 0.15) is 6.04 Å². The molecule has 7 heteroatoms. The molecule has 5 N–H and O–H groups in total. The van der Waals surface area contributed by atoms with Crippen molar-refractivity contribution in [3.8, 4) is 0 Å². The Bertz CT molecular complexity index is 191. The highest BCUT2D eigenvalue weighted by molar-refractivity contribution is 8.09. The molecule has 0 saturated heterocycles. The maximum absolute atomic E-state index is 10.1. The molecule has 0 aromatic carbocycles. The summed E-state index contributed by atoms with van der Waals surface area (Å²) in [6.45, 7) is -3.27. The highest BCUT2D eigenvalue weighted by atomic mass is 32.5. The van der Waals surface area contributed by atoms with Crippen molar-refractivity contribution in [2.45, 2.75) is 12.5 Å². The smallest absolute Gasteiger partial charge is 0.320 e. The molecule has 0 aromatic heterocycles. The lowest BCUT2D eigenvalue weighted by Crippen LogP contribution is -2.30. The van der Waals surface area contributed by atoms with E-state index < -0.39 is 18.5 Å². The summed E-state index contributed by atoms with van der Waals surface area (Å²) in [7, 11) is 0. The molecule has 1 atom stereocenters. The Hall–Kier alpha value is 0. The summed E-state index contributed by atoms with van der Waals surface area (Å²) in [6.07, 6.45) is -0.116. The largest absolute Gasteiger partial charge is 0.480 e. The third kappa shape index (κ3) is 6.40. The molecule has 0 rings (SSSR count). The first-order chi connectivity index (χ1) is 4.83. The molecule has 0 amide bonds. The first-order valence-corrected chi connectivity index (χ1v) is 5.75. The van der Waals surface area contributed by atoms with Crippen LogP contribution in [0.1, 0.15) is 6.42 Å². The number of rotatable bonds is 4. The van der Waals surface area contributed by atoms with Crippen LogP contribution in [0.4, 0.5) is 0 Å². The number of carbonyl (C=O) groups is 1. The van der Waals surface area contributed by atoms with Crippen molar-refractivity contribution in [3.05, 3.63) is 0 Å². The predicted octanol–water partition coefficient (Wildman–Crippen LogP) is -0.918. The minimum atomic E-state index is -3.27. The number of carboxylic acid groups (broad SMARTS) is 1. The summed E-state index contributed by atoms with van der Waals surface area (Å²) in [6, 6.07) is -1.06. The number of nitrogens with two attached hydrogens (primary N) is 1. The van der Waals surface area contributed by atoms with Gasteiger partial charge in [-0.05, 0) is 18.2 Å². The third-order valence-electron chi connectivity index (χ3n) is 1.05. The molecule has 0 spiro atoms. The van der Waals surface area contributed by atoms with Crippen LogP contribution in [0.5, 0.6) is 0 Å². The van der Waals surface area contributed by atoms with Crippen LogP contribution in [0, 0.1) is 0 Å². The lowest BCUT2D eigenvalue weighted by Gasteiger charge is -2.09. The summed E-state index contributed by atoms with van der Waals surface area (Å²) in [4.78, 5) is 27.5. The minimum Gasteiger partial charge on any atom is -0.480 e. The molecule has 0 saturated carbocycles. The molecule has 11 heavy (non-hydrogen) atoms. The highest BCUT2D eigenvalue weighted by Crippen LogP contribution is 2.35. The molecule has 0 aliphatic carbocycles. The van der Waals surface area contributed by atoms with Crippen molar-refractivity contribution in [2.24, 2.45) is 5.73 Å². The molecular formula is C4H10NO4PS. The Kier molecular flexibility index (Phi) is 4.13. The lowest BCUT2D eigenvalue weighted by atomic mass is 10.2. The van der Waals surface area contributed by atoms with Crippen LogP contribution < -0.4 is 5.73 Å². The zero-order chi connectivity index (χ0) is 9.07. The first-order valence-electron chi connectivity index (χ1n) is 2.86. The van der Waals surface area contributed by atoms with E-state index >= 15 is 0 Å². The number of carboxylic acids is 1. The van der Waals surface area contributed by atoms with Crippen LogP contribution in [-0.2, 0) is 16.6 Å². The Morgan fingerprint density at radius 2 is 2.09 bits per heavy atom. The molecule has 5 nitrogen and oxygen atoms in total. The molecule has 0 unspecified atom stereocenters. The van der Waals surface area contributed by atoms with Crippen LogP contribution in [0.2, 0.25) is 0 Å². The van der Waals surface area contributed by atoms with E-state index in [1.165, 1.54) is 0 Å². The minimum absolute atomic E-state index is 0.000386. The van der Waals surface area contributed by atoms with E-state index in [0.717, 1.165) is 0 Å². The van der Waals surface area contributed by atoms with Crippen LogP contribution in [0.15, 0.2) is 0 Å². The third-order valence-corrected chi connectivity index (χ3v) is 2.44. The molecular weight excluding hydrogens is 189 g/mol. The maximum Gasteiger partial charge on any atom is 0.320 e. The zero-order valence-corrected chi connectivity index (χ0v) is 7.39. The molecule has 0 aliphatic rings. The maximum atomic E-state index is 10.1. The quantitative estimate of drug-likeness (QED) is 0.437. The van der Waals surface area contributed by atoms with E-state index in [-0.39, 0.29) is 12.6 Å². The Balaban J connectivity index is 3.72. The van der Waals surface area contributed by atoms with Gasteiger partial charge < -0.3 is 20.6 Å². The van der Waals surface area contributed by atoms with Crippen molar-refractivity contribution in [1.29, 1.82) is 0 Å². The summed E-state index contributed by atoms with van der Waals surface area (Å²) < 4.78 is 0. The number of hydrogen-bond acceptors (Lipinski definition) is 3. The fraction of sp³-hybridized carbons (Fsp3) is 0.750. The molecule has 66 valence electrons. The van der Waals surface area contributed by atoms with Crippen LogP contribution in [0.3, 0.4) is 0 Å². The fourth-order valence-electron chi connectivity index (χ4n) is 0.431. The average Bonchev–Trinajstić information content (AvgIpc) is 1.80. The second-order valence-electron chi connectivity index (χ2n) is 2.12. The van der Waals surface area contributed by atoms with Gasteiger partial charge in [-0.3, -0.25) is 4.79 Å². The molecule has 0 radical (unpaired) electrons. The second-order valence-corrected chi connectivity index (χ2v) is 5.65. The molecule has 0 fully saturated rings. The van der Waals surface area contributed by atoms with Gasteiger partial charge in [-0.15, -0.1) is 0 Å². The van der Waals surface area contributed by atoms with Crippen molar-refractivity contribution >= 4 is 24.3 Å². The van der Waals surface area contributed by atoms with Gasteiger partial charge in [-0.25, -0.2) is 0 Å². The Labute approximate surface area is 69.0 Å². The Morgan fingerprint density at radius 3 is 2.36 bits per heavy atom. The van der Waals surface area contributed by atoms with E-state index in [1.807, 2.05) is 0 Å². The topological polar surface area (TPSA) is 104 Å². The monoisotopic (exact) mass is 199 g/mol. The van der Waals surface area contributed by atoms with Crippen molar-refractivity contribution < 1.29 is 19.7 Å². The highest BCUT2D eigenvalue weighted by Gasteiger charge is 2.15. The first kappa shape index (κ1) is 11.0. The van der Waals surface area contributed by atoms with E-state index in [1.54, 1.807) is 0 Å². The molecule has 0 aromatic rings. The van der Waals surface area contributed by atoms with Crippen molar-refractivity contribution in [3.63, 3.8) is 0 Å². The summed E-state index contributed by atoms with van der Waals surface area (Å²) in [5.41, 5.74) is 5.07. The van der Waals surface area contributed by atoms with Gasteiger partial charge in [0.15, 0.2) is 6.49 Å². The Morgan fingerprint density at radius 1 is 1.64 bits per heavy atom. The van der Waals surface area contributed by atoms with Gasteiger partial charge in [0.25, 0.3) is 0 Å². The normalized spacial score (nSPS) is 14.5. The van der Waals surface area contributed by atoms with Gasteiger partial charge in [-0.1, -0.05) is 0 Å². The predicted molar refractivity (Wildman–Crippen MR) is 43.8 cm³/mol. The van der Waals surface area contributed by atoms with Crippen molar-refractivity contribution in [1.82, 2.24) is 0 Å². The lowest BCUT2D eigenvalue weighted by molar-refractivity contribution is -0.138. The molecule has 0 heterocycles. The zero-order valence-electron chi connectivity index (χ0n) is 5.67. The van der Waals surface area contributed by atoms with E-state index in [9.17, 15) is 4.79 Å². The van der Waals surface area contributed by atoms with Gasteiger partial charge in [-0.2, -0.15) is 0 Å². The standard InChI is InChI=1S/C4H10NO4PS/c5-3(4(6)7)1-2-10(8,9)11/h3H,1-2,5H2,(H,6,7)(H2,8,9,11)/t3-/m0/s1. The van der Waals surface area contributed by atoms with E-state index in [4.69, 9.17) is 20.6 Å². The SMILES string of the molecule is N[C@@H](CCP(O)(O)=S)C(=O)O. The van der Waals surface area contributed by atoms with Gasteiger partial charge in [0.05, 0.1) is 0 Å².